The molecule has 0 aliphatic rings. The maximum atomic E-state index is 8.52. The van der Waals surface area contributed by atoms with Gasteiger partial charge in [0.25, 0.3) is 0 Å². The number of hydrogen-bond acceptors (Lipinski definition) is 2. The van der Waals surface area contributed by atoms with E-state index in [4.69, 9.17) is 10.9 Å². The molecule has 0 saturated heterocycles. The first-order valence-electron chi connectivity index (χ1n) is 5.14. The van der Waals surface area contributed by atoms with Gasteiger partial charge in [-0.15, -0.1) is 0 Å². The molecule has 0 saturated carbocycles. The largest absolute Gasteiger partial charge is 0.409 e. The van der Waals surface area contributed by atoms with E-state index < -0.39 is 0 Å². The van der Waals surface area contributed by atoms with Crippen molar-refractivity contribution in [3.05, 3.63) is 35.4 Å². The van der Waals surface area contributed by atoms with E-state index in [9.17, 15) is 0 Å². The van der Waals surface area contributed by atoms with E-state index in [1.807, 2.05) is 24.3 Å². The maximum absolute atomic E-state index is 8.52. The molecule has 0 fully saturated rings. The van der Waals surface area contributed by atoms with Gasteiger partial charge in [0.15, 0.2) is 5.84 Å². The van der Waals surface area contributed by atoms with Crippen molar-refractivity contribution in [1.82, 2.24) is 0 Å². The highest BCUT2D eigenvalue weighted by molar-refractivity contribution is 5.96. The van der Waals surface area contributed by atoms with Gasteiger partial charge in [-0.1, -0.05) is 50.2 Å². The third-order valence-corrected chi connectivity index (χ3v) is 2.84. The minimum atomic E-state index is 0.152. The molecule has 0 bridgehead atoms. The molecule has 1 aromatic rings. The van der Waals surface area contributed by atoms with Crippen LogP contribution < -0.4 is 5.73 Å². The lowest BCUT2D eigenvalue weighted by Gasteiger charge is -2.16. The van der Waals surface area contributed by atoms with Gasteiger partial charge < -0.3 is 10.9 Å². The lowest BCUT2D eigenvalue weighted by atomic mass is 9.90. The van der Waals surface area contributed by atoms with Gasteiger partial charge in [-0.05, 0) is 17.4 Å². The van der Waals surface area contributed by atoms with Crippen LogP contribution in [0, 0.1) is 5.92 Å². The molecule has 0 spiro atoms. The highest BCUT2D eigenvalue weighted by Crippen LogP contribution is 2.23. The smallest absolute Gasteiger partial charge is 0.170 e. The number of nitrogens with two attached hydrogens (primary N) is 1. The molecule has 0 heterocycles. The summed E-state index contributed by atoms with van der Waals surface area (Å²) in [7, 11) is 0. The molecule has 1 atom stereocenters. The number of hydrogen-bond donors (Lipinski definition) is 2. The predicted octanol–water partition coefficient (Wildman–Crippen LogP) is 2.54. The summed E-state index contributed by atoms with van der Waals surface area (Å²) >= 11 is 0. The SMILES string of the molecule is CC(C)C(C)c1ccc(/C(N)=N/O)cc1. The second-order valence-electron chi connectivity index (χ2n) is 4.14. The van der Waals surface area contributed by atoms with E-state index in [1.165, 1.54) is 5.56 Å². The van der Waals surface area contributed by atoms with Gasteiger partial charge in [-0.25, -0.2) is 0 Å². The fraction of sp³-hybridized carbons (Fsp3) is 0.417. The Morgan fingerprint density at radius 1 is 1.20 bits per heavy atom. The van der Waals surface area contributed by atoms with Crippen LogP contribution in [0.15, 0.2) is 29.4 Å². The summed E-state index contributed by atoms with van der Waals surface area (Å²) in [5, 5.41) is 11.5. The van der Waals surface area contributed by atoms with E-state index in [0.29, 0.717) is 11.8 Å². The van der Waals surface area contributed by atoms with Gasteiger partial charge in [-0.3, -0.25) is 0 Å². The maximum Gasteiger partial charge on any atom is 0.170 e. The Morgan fingerprint density at radius 3 is 2.13 bits per heavy atom. The van der Waals surface area contributed by atoms with Crippen LogP contribution in [0.5, 0.6) is 0 Å². The van der Waals surface area contributed by atoms with Crippen LogP contribution in [0.2, 0.25) is 0 Å². The van der Waals surface area contributed by atoms with Crippen LogP contribution in [0.3, 0.4) is 0 Å². The van der Waals surface area contributed by atoms with Crippen molar-refractivity contribution in [2.24, 2.45) is 16.8 Å². The Morgan fingerprint density at radius 2 is 1.73 bits per heavy atom. The first-order chi connectivity index (χ1) is 7.06. The van der Waals surface area contributed by atoms with E-state index in [0.717, 1.165) is 5.56 Å². The molecule has 82 valence electrons. The molecule has 1 unspecified atom stereocenters. The lowest BCUT2D eigenvalue weighted by Crippen LogP contribution is -2.13. The third kappa shape index (κ3) is 2.72. The van der Waals surface area contributed by atoms with Crippen molar-refractivity contribution in [2.75, 3.05) is 0 Å². The average molecular weight is 206 g/mol. The highest BCUT2D eigenvalue weighted by atomic mass is 16.4. The molecular weight excluding hydrogens is 188 g/mol. The first kappa shape index (κ1) is 11.6. The molecule has 0 aliphatic heterocycles. The van der Waals surface area contributed by atoms with Gasteiger partial charge in [0, 0.05) is 5.56 Å². The zero-order valence-electron chi connectivity index (χ0n) is 9.44. The molecule has 3 nitrogen and oxygen atoms in total. The summed E-state index contributed by atoms with van der Waals surface area (Å²) in [5.74, 6) is 1.28. The fourth-order valence-corrected chi connectivity index (χ4v) is 1.40. The fourth-order valence-electron chi connectivity index (χ4n) is 1.40. The topological polar surface area (TPSA) is 58.6 Å². The molecular formula is C12H18N2O. The van der Waals surface area contributed by atoms with E-state index in [2.05, 4.69) is 25.9 Å². The molecule has 0 aliphatic carbocycles. The lowest BCUT2D eigenvalue weighted by molar-refractivity contribution is 0.318. The monoisotopic (exact) mass is 206 g/mol. The summed E-state index contributed by atoms with van der Waals surface area (Å²) < 4.78 is 0. The van der Waals surface area contributed by atoms with Gasteiger partial charge >= 0.3 is 0 Å². The second kappa shape index (κ2) is 4.82. The highest BCUT2D eigenvalue weighted by Gasteiger charge is 2.09. The van der Waals surface area contributed by atoms with Crippen molar-refractivity contribution >= 4 is 5.84 Å². The number of rotatable bonds is 3. The van der Waals surface area contributed by atoms with Gasteiger partial charge in [0.2, 0.25) is 0 Å². The van der Waals surface area contributed by atoms with Crippen molar-refractivity contribution in [1.29, 1.82) is 0 Å². The Balaban J connectivity index is 2.90. The minimum Gasteiger partial charge on any atom is -0.409 e. The van der Waals surface area contributed by atoms with Crippen molar-refractivity contribution < 1.29 is 5.21 Å². The van der Waals surface area contributed by atoms with Crippen molar-refractivity contribution in [3.8, 4) is 0 Å². The van der Waals surface area contributed by atoms with Gasteiger partial charge in [-0.2, -0.15) is 0 Å². The van der Waals surface area contributed by atoms with Crippen molar-refractivity contribution in [2.45, 2.75) is 26.7 Å². The standard InChI is InChI=1S/C12H18N2O/c1-8(2)9(3)10-4-6-11(7-5-10)12(13)14-15/h4-9,15H,1-3H3,(H2,13,14). The van der Waals surface area contributed by atoms with E-state index in [1.54, 1.807) is 0 Å². The molecule has 0 amide bonds. The predicted molar refractivity (Wildman–Crippen MR) is 62.2 cm³/mol. The minimum absolute atomic E-state index is 0.152. The first-order valence-corrected chi connectivity index (χ1v) is 5.14. The molecule has 15 heavy (non-hydrogen) atoms. The van der Waals surface area contributed by atoms with Crippen molar-refractivity contribution in [3.63, 3.8) is 0 Å². The Labute approximate surface area is 90.6 Å². The van der Waals surface area contributed by atoms with Crippen LogP contribution in [0.1, 0.15) is 37.8 Å². The number of benzene rings is 1. The third-order valence-electron chi connectivity index (χ3n) is 2.84. The summed E-state index contributed by atoms with van der Waals surface area (Å²) in [6.07, 6.45) is 0. The molecule has 0 radical (unpaired) electrons. The molecule has 1 aromatic carbocycles. The molecule has 3 N–H and O–H groups in total. The van der Waals surface area contributed by atoms with E-state index >= 15 is 0 Å². The summed E-state index contributed by atoms with van der Waals surface area (Å²) in [6, 6.07) is 7.81. The molecule has 3 heteroatoms. The quantitative estimate of drug-likeness (QED) is 0.345. The van der Waals surface area contributed by atoms with Crippen LogP contribution >= 0.6 is 0 Å². The number of oxime groups is 1. The molecule has 1 rings (SSSR count). The average Bonchev–Trinajstić information content (AvgIpc) is 2.27. The Hall–Kier alpha value is -1.51. The summed E-state index contributed by atoms with van der Waals surface area (Å²) in [4.78, 5) is 0. The summed E-state index contributed by atoms with van der Waals surface area (Å²) in [5.41, 5.74) is 7.50. The van der Waals surface area contributed by atoms with E-state index in [-0.39, 0.29) is 5.84 Å². The zero-order chi connectivity index (χ0) is 11.4. The number of amidine groups is 1. The normalized spacial score (nSPS) is 14.3. The van der Waals surface area contributed by atoms with Crippen LogP contribution in [0.4, 0.5) is 0 Å². The summed E-state index contributed by atoms with van der Waals surface area (Å²) in [6.45, 7) is 6.59. The zero-order valence-corrected chi connectivity index (χ0v) is 9.44. The van der Waals surface area contributed by atoms with Crippen LogP contribution in [-0.2, 0) is 0 Å². The Kier molecular flexibility index (Phi) is 3.72. The Bertz CT molecular complexity index is 341. The number of nitrogens with zero attached hydrogens (tertiary/aromatic N) is 1. The molecule has 0 aromatic heterocycles. The van der Waals surface area contributed by atoms with Crippen LogP contribution in [0.25, 0.3) is 0 Å². The van der Waals surface area contributed by atoms with Crippen LogP contribution in [-0.4, -0.2) is 11.0 Å². The van der Waals surface area contributed by atoms with Gasteiger partial charge in [0.1, 0.15) is 0 Å². The second-order valence-corrected chi connectivity index (χ2v) is 4.14. The van der Waals surface area contributed by atoms with Gasteiger partial charge in [0.05, 0.1) is 0 Å².